The monoisotopic (exact) mass is 493 g/mol. The number of aromatic nitrogens is 1. The number of benzene rings is 7. The van der Waals surface area contributed by atoms with Crippen LogP contribution in [0.1, 0.15) is 0 Å². The van der Waals surface area contributed by atoms with Crippen LogP contribution in [0.3, 0.4) is 0 Å². The molecular formula is C38H23N. The molecule has 0 saturated carbocycles. The molecule has 9 rings (SSSR count). The molecular weight excluding hydrogens is 470 g/mol. The smallest absolute Gasteiger partial charge is 0.0548 e. The molecule has 0 aliphatic heterocycles. The lowest BCUT2D eigenvalue weighted by atomic mass is 9.91. The highest BCUT2D eigenvalue weighted by molar-refractivity contribution is 6.30. The molecule has 0 fully saturated rings. The quantitative estimate of drug-likeness (QED) is 0.226. The zero-order valence-corrected chi connectivity index (χ0v) is 21.2. The van der Waals surface area contributed by atoms with Crippen molar-refractivity contribution in [2.24, 2.45) is 0 Å². The van der Waals surface area contributed by atoms with E-state index in [4.69, 9.17) is 0 Å². The lowest BCUT2D eigenvalue weighted by Gasteiger charge is -2.15. The summed E-state index contributed by atoms with van der Waals surface area (Å²) in [7, 11) is 0. The van der Waals surface area contributed by atoms with Crippen LogP contribution in [0.2, 0.25) is 0 Å². The Balaban J connectivity index is 1.46. The van der Waals surface area contributed by atoms with Gasteiger partial charge in [-0.2, -0.15) is 0 Å². The molecule has 0 bridgehead atoms. The second-order valence-electron chi connectivity index (χ2n) is 10.6. The van der Waals surface area contributed by atoms with Crippen LogP contribution in [0.5, 0.6) is 0 Å². The number of nitrogens with zero attached hydrogens (tertiary/aromatic N) is 1. The molecule has 7 aromatic carbocycles. The first-order chi connectivity index (χ1) is 19.3. The number of hydrogen-bond donors (Lipinski definition) is 0. The molecule has 0 spiro atoms. The lowest BCUT2D eigenvalue weighted by Crippen LogP contribution is -1.95. The van der Waals surface area contributed by atoms with E-state index in [2.05, 4.69) is 144 Å². The van der Waals surface area contributed by atoms with Gasteiger partial charge < -0.3 is 4.57 Å². The summed E-state index contributed by atoms with van der Waals surface area (Å²) in [6.45, 7) is 0. The minimum Gasteiger partial charge on any atom is -0.309 e. The Kier molecular flexibility index (Phi) is 4.11. The Labute approximate surface area is 226 Å². The zero-order valence-electron chi connectivity index (χ0n) is 21.2. The van der Waals surface area contributed by atoms with Gasteiger partial charge in [-0.15, -0.1) is 0 Å². The van der Waals surface area contributed by atoms with Gasteiger partial charge in [-0.3, -0.25) is 0 Å². The average Bonchev–Trinajstić information content (AvgIpc) is 3.29. The maximum Gasteiger partial charge on any atom is 0.0548 e. The predicted octanol–water partition coefficient (Wildman–Crippen LogP) is 10.4. The summed E-state index contributed by atoms with van der Waals surface area (Å²) >= 11 is 0. The first kappa shape index (κ1) is 20.9. The summed E-state index contributed by atoms with van der Waals surface area (Å²) in [4.78, 5) is 0. The molecule has 1 aromatic heterocycles. The van der Waals surface area contributed by atoms with E-state index in [9.17, 15) is 0 Å². The molecule has 0 saturated heterocycles. The highest BCUT2D eigenvalue weighted by atomic mass is 15.0. The maximum absolute atomic E-state index is 2.46. The van der Waals surface area contributed by atoms with E-state index >= 15 is 0 Å². The van der Waals surface area contributed by atoms with Gasteiger partial charge in [-0.05, 0) is 91.3 Å². The topological polar surface area (TPSA) is 4.93 Å². The van der Waals surface area contributed by atoms with Gasteiger partial charge in [0.1, 0.15) is 0 Å². The van der Waals surface area contributed by atoms with Crippen LogP contribution in [0, 0.1) is 0 Å². The first-order valence-corrected chi connectivity index (χ1v) is 13.5. The van der Waals surface area contributed by atoms with Crippen LogP contribution in [0.15, 0.2) is 140 Å². The van der Waals surface area contributed by atoms with E-state index in [0.717, 1.165) is 0 Å². The number of fused-ring (bicyclic) bond motifs is 4. The van der Waals surface area contributed by atoms with Gasteiger partial charge in [-0.1, -0.05) is 103 Å². The Morgan fingerprint density at radius 2 is 0.949 bits per heavy atom. The Bertz CT molecular complexity index is 2270. The standard InChI is InChI=1S/C38H23N/c1-2-9-24(10-3-1)26-14-6-15-29(21-26)39-34-18-8-17-31-33-23-28-12-5-4-11-27(28)22-32(33)30-16-7-13-25-19-20-35(39)38(36(25)30)37(31)34/h1-23H. The molecule has 0 unspecified atom stereocenters. The summed E-state index contributed by atoms with van der Waals surface area (Å²) < 4.78 is 2.46. The molecule has 1 nitrogen and oxygen atoms in total. The van der Waals surface area contributed by atoms with Crippen LogP contribution in [-0.4, -0.2) is 4.57 Å². The van der Waals surface area contributed by atoms with Crippen LogP contribution in [0.4, 0.5) is 0 Å². The minimum atomic E-state index is 1.18. The van der Waals surface area contributed by atoms with E-state index in [1.165, 1.54) is 82.4 Å². The van der Waals surface area contributed by atoms with Crippen molar-refractivity contribution in [2.45, 2.75) is 0 Å². The van der Waals surface area contributed by atoms with Crippen molar-refractivity contribution in [3.63, 3.8) is 0 Å². The summed E-state index contributed by atoms with van der Waals surface area (Å²) in [5.41, 5.74) is 11.4. The SMILES string of the molecule is c1ccc(-c2cccc(-n3c4cccc5c4c4c6c(cccc6ccc43)-c3cc4ccccc4cc3-5)c2)cc1. The fraction of sp³-hybridized carbons (Fsp3) is 0. The van der Waals surface area contributed by atoms with Gasteiger partial charge in [0.05, 0.1) is 11.0 Å². The summed E-state index contributed by atoms with van der Waals surface area (Å²) in [6.07, 6.45) is 0. The van der Waals surface area contributed by atoms with Gasteiger partial charge in [0.25, 0.3) is 0 Å². The molecule has 0 radical (unpaired) electrons. The van der Waals surface area contributed by atoms with Crippen molar-refractivity contribution in [2.75, 3.05) is 0 Å². The predicted molar refractivity (Wildman–Crippen MR) is 166 cm³/mol. The third-order valence-corrected chi connectivity index (χ3v) is 8.48. The van der Waals surface area contributed by atoms with Crippen molar-refractivity contribution in [3.05, 3.63) is 140 Å². The second-order valence-corrected chi connectivity index (χ2v) is 10.6. The summed E-state index contributed by atoms with van der Waals surface area (Å²) in [6, 6.07) is 51.3. The largest absolute Gasteiger partial charge is 0.309 e. The van der Waals surface area contributed by atoms with Crippen molar-refractivity contribution in [3.8, 4) is 39.1 Å². The van der Waals surface area contributed by atoms with Crippen LogP contribution < -0.4 is 0 Å². The first-order valence-electron chi connectivity index (χ1n) is 13.5. The van der Waals surface area contributed by atoms with Gasteiger partial charge in [0.2, 0.25) is 0 Å². The normalized spacial score (nSPS) is 12.1. The third kappa shape index (κ3) is 2.85. The molecule has 1 heteroatoms. The van der Waals surface area contributed by atoms with E-state index in [1.54, 1.807) is 0 Å². The van der Waals surface area contributed by atoms with Crippen LogP contribution >= 0.6 is 0 Å². The summed E-state index contributed by atoms with van der Waals surface area (Å²) in [5, 5.41) is 7.87. The van der Waals surface area contributed by atoms with Crippen LogP contribution in [-0.2, 0) is 0 Å². The van der Waals surface area contributed by atoms with Crippen LogP contribution in [0.25, 0.3) is 82.4 Å². The van der Waals surface area contributed by atoms with Crippen molar-refractivity contribution >= 4 is 43.4 Å². The highest BCUT2D eigenvalue weighted by Gasteiger charge is 2.25. The fourth-order valence-electron chi connectivity index (χ4n) is 6.79. The third-order valence-electron chi connectivity index (χ3n) is 8.48. The maximum atomic E-state index is 2.46. The summed E-state index contributed by atoms with van der Waals surface area (Å²) in [5.74, 6) is 0. The number of rotatable bonds is 2. The molecule has 1 heterocycles. The highest BCUT2D eigenvalue weighted by Crippen LogP contribution is 2.50. The molecule has 180 valence electrons. The Morgan fingerprint density at radius 3 is 1.74 bits per heavy atom. The molecule has 0 atom stereocenters. The second kappa shape index (κ2) is 7.69. The Morgan fingerprint density at radius 1 is 0.333 bits per heavy atom. The Hall–Kier alpha value is -5.14. The van der Waals surface area contributed by atoms with E-state index in [1.807, 2.05) is 0 Å². The lowest BCUT2D eigenvalue weighted by molar-refractivity contribution is 1.18. The van der Waals surface area contributed by atoms with Crippen molar-refractivity contribution in [1.29, 1.82) is 0 Å². The minimum absolute atomic E-state index is 1.18. The zero-order chi connectivity index (χ0) is 25.5. The van der Waals surface area contributed by atoms with E-state index < -0.39 is 0 Å². The fourth-order valence-corrected chi connectivity index (χ4v) is 6.79. The molecule has 8 aromatic rings. The number of hydrogen-bond acceptors (Lipinski definition) is 0. The van der Waals surface area contributed by atoms with Crippen molar-refractivity contribution in [1.82, 2.24) is 4.57 Å². The molecule has 39 heavy (non-hydrogen) atoms. The van der Waals surface area contributed by atoms with Gasteiger partial charge in [-0.25, -0.2) is 0 Å². The van der Waals surface area contributed by atoms with E-state index in [-0.39, 0.29) is 0 Å². The van der Waals surface area contributed by atoms with Crippen molar-refractivity contribution < 1.29 is 0 Å². The van der Waals surface area contributed by atoms with Gasteiger partial charge in [0, 0.05) is 16.5 Å². The molecule has 0 N–H and O–H groups in total. The van der Waals surface area contributed by atoms with E-state index in [0.29, 0.717) is 0 Å². The molecule has 0 amide bonds. The van der Waals surface area contributed by atoms with Gasteiger partial charge >= 0.3 is 0 Å². The molecule has 1 aliphatic carbocycles. The molecule has 1 aliphatic rings. The average molecular weight is 494 g/mol. The van der Waals surface area contributed by atoms with Gasteiger partial charge in [0.15, 0.2) is 0 Å².